The summed E-state index contributed by atoms with van der Waals surface area (Å²) in [5.41, 5.74) is 1.40. The Bertz CT molecular complexity index is 1630. The molecule has 3 aromatic carbocycles. The molecule has 3 N–H and O–H groups in total. The van der Waals surface area contributed by atoms with Crippen molar-refractivity contribution in [3.05, 3.63) is 101 Å². The molecule has 1 aliphatic heterocycles. The predicted octanol–water partition coefficient (Wildman–Crippen LogP) is 3.47. The Morgan fingerprint density at radius 3 is 2.36 bits per heavy atom. The molecule has 0 fully saturated rings. The van der Waals surface area contributed by atoms with Gasteiger partial charge < -0.3 is 30.5 Å². The molecule has 0 bridgehead atoms. The Labute approximate surface area is 292 Å². The van der Waals surface area contributed by atoms with E-state index in [4.69, 9.17) is 4.74 Å². The van der Waals surface area contributed by atoms with E-state index >= 15 is 0 Å². The Hall–Kier alpha value is -5.26. The van der Waals surface area contributed by atoms with Crippen LogP contribution in [0, 0.1) is 11.7 Å². The van der Waals surface area contributed by atoms with Crippen LogP contribution in [0.5, 0.6) is 5.75 Å². The van der Waals surface area contributed by atoms with Crippen LogP contribution in [0.4, 0.5) is 4.39 Å². The third-order valence-electron chi connectivity index (χ3n) is 8.31. The molecule has 0 aliphatic carbocycles. The largest absolute Gasteiger partial charge is 0.491 e. The van der Waals surface area contributed by atoms with E-state index < -0.39 is 35.7 Å². The normalized spacial score (nSPS) is 18.3. The van der Waals surface area contributed by atoms with E-state index in [-0.39, 0.29) is 81.0 Å². The van der Waals surface area contributed by atoms with Gasteiger partial charge in [0.25, 0.3) is 5.91 Å². The molecule has 2 atom stereocenters. The summed E-state index contributed by atoms with van der Waals surface area (Å²) < 4.78 is 20.3. The lowest BCUT2D eigenvalue weighted by Crippen LogP contribution is -2.49. The van der Waals surface area contributed by atoms with Gasteiger partial charge in [0, 0.05) is 26.6 Å². The molecule has 50 heavy (non-hydrogen) atoms. The number of ether oxygens (including phenoxy) is 1. The van der Waals surface area contributed by atoms with Gasteiger partial charge in [-0.3, -0.25) is 24.0 Å². The first kappa shape index (κ1) is 37.6. The van der Waals surface area contributed by atoms with Gasteiger partial charge in [0.2, 0.25) is 23.6 Å². The van der Waals surface area contributed by atoms with Gasteiger partial charge in [0.05, 0.1) is 18.2 Å². The molecule has 12 heteroatoms. The molecule has 0 saturated carbocycles. The van der Waals surface area contributed by atoms with Crippen LogP contribution in [0.1, 0.15) is 54.6 Å². The molecule has 1 heterocycles. The van der Waals surface area contributed by atoms with Crippen molar-refractivity contribution >= 4 is 29.5 Å². The van der Waals surface area contributed by atoms with Crippen LogP contribution in [0.15, 0.2) is 78.9 Å². The number of hydrogen-bond donors (Lipinski definition) is 3. The number of nitrogens with one attached hydrogen (secondary N) is 3. The number of likely N-dealkylation sites (N-methyl/N-ethyl adjacent to an activating group) is 1. The monoisotopic (exact) mass is 687 g/mol. The third-order valence-corrected chi connectivity index (χ3v) is 8.31. The lowest BCUT2D eigenvalue weighted by atomic mass is 10.0. The van der Waals surface area contributed by atoms with Gasteiger partial charge in [-0.1, -0.05) is 74.5 Å². The van der Waals surface area contributed by atoms with Crippen LogP contribution in [-0.2, 0) is 32.1 Å². The first-order valence-electron chi connectivity index (χ1n) is 16.9. The fraction of sp³-hybridized carbons (Fsp3) is 0.395. The molecular formula is C38H46FN5O6. The SMILES string of the molecule is CC(C)C[C@H]1COc2ccccc2C(=O)N[C@H](C(=O)NCCc2ccccc2F)CCC(=O)N(Cc2ccccc2)CC(=O)N(C)CC(=O)N1. The number of fused-ring (bicyclic) bond motifs is 1. The first-order valence-corrected chi connectivity index (χ1v) is 16.9. The number of carbonyl (C=O) groups excluding carboxylic acids is 5. The molecule has 0 radical (unpaired) electrons. The summed E-state index contributed by atoms with van der Waals surface area (Å²) in [4.78, 5) is 70.0. The molecule has 3 aromatic rings. The van der Waals surface area contributed by atoms with Gasteiger partial charge in [-0.2, -0.15) is 0 Å². The van der Waals surface area contributed by atoms with Crippen LogP contribution >= 0.6 is 0 Å². The highest BCUT2D eigenvalue weighted by Crippen LogP contribution is 2.20. The maximum Gasteiger partial charge on any atom is 0.255 e. The maximum absolute atomic E-state index is 14.2. The van der Waals surface area contributed by atoms with Crippen molar-refractivity contribution in [3.63, 3.8) is 0 Å². The smallest absolute Gasteiger partial charge is 0.255 e. The highest BCUT2D eigenvalue weighted by molar-refractivity contribution is 5.99. The first-order chi connectivity index (χ1) is 24.0. The van der Waals surface area contributed by atoms with Crippen molar-refractivity contribution < 1.29 is 33.1 Å². The van der Waals surface area contributed by atoms with Crippen molar-refractivity contribution in [1.82, 2.24) is 25.8 Å². The molecule has 0 spiro atoms. The molecule has 0 aromatic heterocycles. The fourth-order valence-corrected chi connectivity index (χ4v) is 5.68. The summed E-state index contributed by atoms with van der Waals surface area (Å²) in [6.45, 7) is 3.78. The van der Waals surface area contributed by atoms with Gasteiger partial charge in [-0.25, -0.2) is 4.39 Å². The van der Waals surface area contributed by atoms with Gasteiger partial charge in [-0.05, 0) is 54.5 Å². The summed E-state index contributed by atoms with van der Waals surface area (Å²) in [6, 6.07) is 20.4. The van der Waals surface area contributed by atoms with Gasteiger partial charge in [-0.15, -0.1) is 0 Å². The minimum absolute atomic E-state index is 0.0607. The van der Waals surface area contributed by atoms with E-state index in [9.17, 15) is 28.4 Å². The quantitative estimate of drug-likeness (QED) is 0.332. The van der Waals surface area contributed by atoms with E-state index in [0.29, 0.717) is 12.0 Å². The lowest BCUT2D eigenvalue weighted by molar-refractivity contribution is -0.142. The number of amides is 5. The molecule has 1 aliphatic rings. The molecule has 11 nitrogen and oxygen atoms in total. The topological polar surface area (TPSA) is 137 Å². The zero-order chi connectivity index (χ0) is 36.0. The van der Waals surface area contributed by atoms with Crippen LogP contribution < -0.4 is 20.7 Å². The number of hydrogen-bond acceptors (Lipinski definition) is 6. The van der Waals surface area contributed by atoms with E-state index in [2.05, 4.69) is 16.0 Å². The number of nitrogens with zero attached hydrogens (tertiary/aromatic N) is 2. The zero-order valence-corrected chi connectivity index (χ0v) is 28.8. The average molecular weight is 688 g/mol. The highest BCUT2D eigenvalue weighted by Gasteiger charge is 2.28. The molecular weight excluding hydrogens is 641 g/mol. The Kier molecular flexibility index (Phi) is 13.9. The van der Waals surface area contributed by atoms with E-state index in [1.165, 1.54) is 22.9 Å². The van der Waals surface area contributed by atoms with Crippen molar-refractivity contribution in [2.45, 2.75) is 58.2 Å². The van der Waals surface area contributed by atoms with Gasteiger partial charge in [0.15, 0.2) is 0 Å². The second-order valence-electron chi connectivity index (χ2n) is 12.9. The van der Waals surface area contributed by atoms with Crippen LogP contribution in [-0.4, -0.2) is 84.7 Å². The molecule has 0 unspecified atom stereocenters. The number of carbonyl (C=O) groups is 5. The van der Waals surface area contributed by atoms with Crippen molar-refractivity contribution in [2.24, 2.45) is 5.92 Å². The van der Waals surface area contributed by atoms with Crippen molar-refractivity contribution in [1.29, 1.82) is 0 Å². The zero-order valence-electron chi connectivity index (χ0n) is 28.8. The number of halogens is 1. The molecule has 0 saturated heterocycles. The van der Waals surface area contributed by atoms with E-state index in [1.54, 1.807) is 42.5 Å². The Morgan fingerprint density at radius 2 is 1.62 bits per heavy atom. The average Bonchev–Trinajstić information content (AvgIpc) is 3.09. The minimum Gasteiger partial charge on any atom is -0.491 e. The summed E-state index contributed by atoms with van der Waals surface area (Å²) >= 11 is 0. The Morgan fingerprint density at radius 1 is 0.920 bits per heavy atom. The number of benzene rings is 3. The molecule has 266 valence electrons. The number of rotatable bonds is 8. The summed E-state index contributed by atoms with van der Waals surface area (Å²) in [7, 11) is 1.51. The van der Waals surface area contributed by atoms with E-state index in [1.807, 2.05) is 44.2 Å². The molecule has 4 rings (SSSR count). The summed E-state index contributed by atoms with van der Waals surface area (Å²) in [5, 5.41) is 8.48. The second kappa shape index (κ2) is 18.5. The van der Waals surface area contributed by atoms with E-state index in [0.717, 1.165) is 5.56 Å². The van der Waals surface area contributed by atoms with Crippen LogP contribution in [0.3, 0.4) is 0 Å². The van der Waals surface area contributed by atoms with Crippen molar-refractivity contribution in [2.75, 3.05) is 33.3 Å². The predicted molar refractivity (Wildman–Crippen MR) is 186 cm³/mol. The second-order valence-corrected chi connectivity index (χ2v) is 12.9. The minimum atomic E-state index is -1.14. The standard InChI is InChI=1S/C38H46FN5O6/c1-26(2)21-29-25-50-33-16-10-8-14-30(33)37(48)42-32(38(49)40-20-19-28-13-7-9-15-31(28)39)17-18-35(46)44(22-27-11-5-4-6-12-27)24-36(47)43(3)23-34(45)41-29/h4-16,26,29,32H,17-25H2,1-3H3,(H,40,49)(H,41,45)(H,42,48)/t29-,32-/m0/s1. The number of para-hydroxylation sites is 1. The third kappa shape index (κ3) is 11.4. The van der Waals surface area contributed by atoms with Crippen molar-refractivity contribution in [3.8, 4) is 5.75 Å². The van der Waals surface area contributed by atoms with Gasteiger partial charge in [0.1, 0.15) is 30.8 Å². The maximum atomic E-state index is 14.2. The van der Waals surface area contributed by atoms with Crippen LogP contribution in [0.2, 0.25) is 0 Å². The summed E-state index contributed by atoms with van der Waals surface area (Å²) in [5.74, 6) is -2.30. The van der Waals surface area contributed by atoms with Gasteiger partial charge >= 0.3 is 0 Å². The fourth-order valence-electron chi connectivity index (χ4n) is 5.68. The summed E-state index contributed by atoms with van der Waals surface area (Å²) in [6.07, 6.45) is 0.549. The highest BCUT2D eigenvalue weighted by atomic mass is 19.1. The lowest BCUT2D eigenvalue weighted by Gasteiger charge is -2.27. The molecule has 5 amide bonds. The van der Waals surface area contributed by atoms with Crippen LogP contribution in [0.25, 0.3) is 0 Å². The Balaban J connectivity index is 1.62.